The van der Waals surface area contributed by atoms with Gasteiger partial charge in [0.15, 0.2) is 0 Å². The average molecular weight is 205 g/mol. The highest BCUT2D eigenvalue weighted by atomic mass is 16.5. The van der Waals surface area contributed by atoms with Crippen molar-refractivity contribution in [2.75, 3.05) is 53.7 Å². The Kier molecular flexibility index (Phi) is 12.7. The van der Waals surface area contributed by atoms with Gasteiger partial charge in [-0.3, -0.25) is 0 Å². The molecule has 0 saturated heterocycles. The highest BCUT2D eigenvalue weighted by Crippen LogP contribution is 1.88. The largest absolute Gasteiger partial charge is 0.383 e. The van der Waals surface area contributed by atoms with E-state index in [2.05, 4.69) is 5.32 Å². The molecule has 0 spiro atoms. The SMILES string of the molecule is COCCNCCCCOCCOC. The Morgan fingerprint density at radius 1 is 0.786 bits per heavy atom. The third-order valence-electron chi connectivity index (χ3n) is 1.81. The van der Waals surface area contributed by atoms with Crippen LogP contribution in [0, 0.1) is 0 Å². The van der Waals surface area contributed by atoms with E-state index in [4.69, 9.17) is 14.2 Å². The predicted octanol–water partition coefficient (Wildman–Crippen LogP) is 0.666. The molecule has 14 heavy (non-hydrogen) atoms. The first-order chi connectivity index (χ1) is 6.91. The molecule has 0 amide bonds. The highest BCUT2D eigenvalue weighted by Gasteiger charge is 1.90. The molecule has 4 heteroatoms. The fourth-order valence-corrected chi connectivity index (χ4v) is 0.998. The van der Waals surface area contributed by atoms with Crippen LogP contribution in [-0.4, -0.2) is 53.7 Å². The van der Waals surface area contributed by atoms with Gasteiger partial charge in [0.1, 0.15) is 0 Å². The molecule has 0 heterocycles. The first kappa shape index (κ1) is 13.8. The number of rotatable bonds is 11. The summed E-state index contributed by atoms with van der Waals surface area (Å²) in [5, 5.41) is 3.28. The van der Waals surface area contributed by atoms with Crippen molar-refractivity contribution in [2.45, 2.75) is 12.8 Å². The maximum Gasteiger partial charge on any atom is 0.0700 e. The van der Waals surface area contributed by atoms with E-state index >= 15 is 0 Å². The van der Waals surface area contributed by atoms with E-state index in [0.29, 0.717) is 13.2 Å². The summed E-state index contributed by atoms with van der Waals surface area (Å²) in [6.07, 6.45) is 2.25. The second kappa shape index (κ2) is 12.8. The summed E-state index contributed by atoms with van der Waals surface area (Å²) in [7, 11) is 3.40. The van der Waals surface area contributed by atoms with Crippen LogP contribution in [0.4, 0.5) is 0 Å². The van der Waals surface area contributed by atoms with E-state index in [1.165, 1.54) is 0 Å². The number of unbranched alkanes of at least 4 members (excludes halogenated alkanes) is 1. The topological polar surface area (TPSA) is 39.7 Å². The van der Waals surface area contributed by atoms with Gasteiger partial charge in [0.05, 0.1) is 19.8 Å². The van der Waals surface area contributed by atoms with Gasteiger partial charge in [-0.15, -0.1) is 0 Å². The van der Waals surface area contributed by atoms with Gasteiger partial charge in [0, 0.05) is 27.4 Å². The molecule has 4 nitrogen and oxygen atoms in total. The molecule has 0 radical (unpaired) electrons. The van der Waals surface area contributed by atoms with Crippen molar-refractivity contribution >= 4 is 0 Å². The molecule has 0 aliphatic heterocycles. The third kappa shape index (κ3) is 11.8. The van der Waals surface area contributed by atoms with Gasteiger partial charge >= 0.3 is 0 Å². The molecule has 0 bridgehead atoms. The number of hydrogen-bond acceptors (Lipinski definition) is 4. The van der Waals surface area contributed by atoms with Gasteiger partial charge in [0.2, 0.25) is 0 Å². The Balaban J connectivity index is 2.78. The maximum atomic E-state index is 5.32. The highest BCUT2D eigenvalue weighted by molar-refractivity contribution is 4.47. The van der Waals surface area contributed by atoms with Crippen LogP contribution >= 0.6 is 0 Å². The Labute approximate surface area is 86.9 Å². The second-order valence-electron chi connectivity index (χ2n) is 3.06. The summed E-state index contributed by atoms with van der Waals surface area (Å²) < 4.78 is 15.1. The summed E-state index contributed by atoms with van der Waals surface area (Å²) in [4.78, 5) is 0. The van der Waals surface area contributed by atoms with Crippen molar-refractivity contribution in [2.24, 2.45) is 0 Å². The molecular weight excluding hydrogens is 182 g/mol. The summed E-state index contributed by atoms with van der Waals surface area (Å²) in [6.45, 7) is 4.97. The first-order valence-corrected chi connectivity index (χ1v) is 5.18. The van der Waals surface area contributed by atoms with Gasteiger partial charge in [-0.05, 0) is 19.4 Å². The Morgan fingerprint density at radius 2 is 1.57 bits per heavy atom. The minimum Gasteiger partial charge on any atom is -0.383 e. The van der Waals surface area contributed by atoms with E-state index in [1.807, 2.05) is 0 Å². The van der Waals surface area contributed by atoms with Gasteiger partial charge in [0.25, 0.3) is 0 Å². The number of nitrogens with one attached hydrogen (secondary N) is 1. The van der Waals surface area contributed by atoms with Gasteiger partial charge < -0.3 is 19.5 Å². The zero-order chi connectivity index (χ0) is 10.5. The Bertz CT molecular complexity index is 89.4. The van der Waals surface area contributed by atoms with Crippen LogP contribution in [0.3, 0.4) is 0 Å². The summed E-state index contributed by atoms with van der Waals surface area (Å²) in [5.41, 5.74) is 0. The van der Waals surface area contributed by atoms with Crippen molar-refractivity contribution in [1.82, 2.24) is 5.32 Å². The van der Waals surface area contributed by atoms with Crippen LogP contribution in [0.25, 0.3) is 0 Å². The van der Waals surface area contributed by atoms with Crippen LogP contribution in [-0.2, 0) is 14.2 Å². The molecule has 0 aliphatic rings. The van der Waals surface area contributed by atoms with Gasteiger partial charge in [-0.1, -0.05) is 0 Å². The van der Waals surface area contributed by atoms with Gasteiger partial charge in [-0.25, -0.2) is 0 Å². The van der Waals surface area contributed by atoms with Crippen LogP contribution in [0.2, 0.25) is 0 Å². The quantitative estimate of drug-likeness (QED) is 0.503. The van der Waals surface area contributed by atoms with Crippen LogP contribution < -0.4 is 5.32 Å². The Hall–Kier alpha value is -0.160. The molecule has 0 unspecified atom stereocenters. The minimum atomic E-state index is 0.687. The molecule has 0 fully saturated rings. The van der Waals surface area contributed by atoms with E-state index < -0.39 is 0 Å². The standard InChI is InChI=1S/C10H23NO3/c1-12-8-6-11-5-3-4-7-14-10-9-13-2/h11H,3-10H2,1-2H3. The second-order valence-corrected chi connectivity index (χ2v) is 3.06. The third-order valence-corrected chi connectivity index (χ3v) is 1.81. The number of hydrogen-bond donors (Lipinski definition) is 1. The van der Waals surface area contributed by atoms with E-state index in [1.54, 1.807) is 14.2 Å². The number of ether oxygens (including phenoxy) is 3. The van der Waals surface area contributed by atoms with Crippen molar-refractivity contribution in [3.8, 4) is 0 Å². The molecule has 0 atom stereocenters. The number of methoxy groups -OCH3 is 2. The van der Waals surface area contributed by atoms with Crippen LogP contribution in [0.15, 0.2) is 0 Å². The smallest absolute Gasteiger partial charge is 0.0700 e. The normalized spacial score (nSPS) is 10.7. The van der Waals surface area contributed by atoms with Crippen molar-refractivity contribution in [3.05, 3.63) is 0 Å². The molecule has 1 N–H and O–H groups in total. The van der Waals surface area contributed by atoms with E-state index in [0.717, 1.165) is 39.1 Å². The monoisotopic (exact) mass is 205 g/mol. The molecule has 0 aromatic carbocycles. The lowest BCUT2D eigenvalue weighted by Crippen LogP contribution is -2.20. The fraction of sp³-hybridized carbons (Fsp3) is 1.00. The Morgan fingerprint density at radius 3 is 2.29 bits per heavy atom. The maximum absolute atomic E-state index is 5.32. The van der Waals surface area contributed by atoms with Crippen molar-refractivity contribution < 1.29 is 14.2 Å². The van der Waals surface area contributed by atoms with Crippen LogP contribution in [0.1, 0.15) is 12.8 Å². The fourth-order valence-electron chi connectivity index (χ4n) is 0.998. The van der Waals surface area contributed by atoms with Crippen molar-refractivity contribution in [3.63, 3.8) is 0 Å². The first-order valence-electron chi connectivity index (χ1n) is 5.18. The van der Waals surface area contributed by atoms with E-state index in [9.17, 15) is 0 Å². The summed E-state index contributed by atoms with van der Waals surface area (Å²) in [6, 6.07) is 0. The zero-order valence-electron chi connectivity index (χ0n) is 9.38. The molecule has 0 aliphatic carbocycles. The lowest BCUT2D eigenvalue weighted by Gasteiger charge is -2.04. The lowest BCUT2D eigenvalue weighted by atomic mass is 10.3. The average Bonchev–Trinajstić information content (AvgIpc) is 2.21. The van der Waals surface area contributed by atoms with Crippen molar-refractivity contribution in [1.29, 1.82) is 0 Å². The molecule has 0 aromatic rings. The molecule has 0 rings (SSSR count). The zero-order valence-corrected chi connectivity index (χ0v) is 9.38. The molecular formula is C10H23NO3. The van der Waals surface area contributed by atoms with Crippen LogP contribution in [0.5, 0.6) is 0 Å². The molecule has 0 saturated carbocycles. The molecule has 0 aromatic heterocycles. The summed E-state index contributed by atoms with van der Waals surface area (Å²) >= 11 is 0. The predicted molar refractivity (Wildman–Crippen MR) is 56.7 cm³/mol. The van der Waals surface area contributed by atoms with Gasteiger partial charge in [-0.2, -0.15) is 0 Å². The minimum absolute atomic E-state index is 0.687. The lowest BCUT2D eigenvalue weighted by molar-refractivity contribution is 0.0687. The molecule has 86 valence electrons. The summed E-state index contributed by atoms with van der Waals surface area (Å²) in [5.74, 6) is 0. The van der Waals surface area contributed by atoms with E-state index in [-0.39, 0.29) is 0 Å².